The summed E-state index contributed by atoms with van der Waals surface area (Å²) in [7, 11) is 2.03. The second kappa shape index (κ2) is 16.3. The van der Waals surface area contributed by atoms with Crippen LogP contribution in [0.15, 0.2) is 35.9 Å². The molecule has 12 heteroatoms. The number of amides is 2. The number of esters is 1. The summed E-state index contributed by atoms with van der Waals surface area (Å²) in [6.07, 6.45) is 3.94. The predicted molar refractivity (Wildman–Crippen MR) is 180 cm³/mol. The van der Waals surface area contributed by atoms with E-state index < -0.39 is 24.3 Å². The van der Waals surface area contributed by atoms with Gasteiger partial charge in [-0.2, -0.15) is 0 Å². The Morgan fingerprint density at radius 1 is 0.958 bits per heavy atom. The van der Waals surface area contributed by atoms with E-state index in [1.807, 2.05) is 57.0 Å². The fraction of sp³-hybridized carbons (Fsp3) is 0.639. The van der Waals surface area contributed by atoms with E-state index in [1.165, 1.54) is 12.1 Å². The van der Waals surface area contributed by atoms with Crippen LogP contribution in [-0.2, 0) is 23.8 Å². The zero-order chi connectivity index (χ0) is 34.4. The van der Waals surface area contributed by atoms with E-state index in [9.17, 15) is 23.9 Å². The summed E-state index contributed by atoms with van der Waals surface area (Å²) in [6, 6.07) is 4.85. The molecule has 0 radical (unpaired) electrons. The number of aliphatic hydroxyl groups excluding tert-OH is 1. The normalized spacial score (nSPS) is 29.3. The Labute approximate surface area is 283 Å². The van der Waals surface area contributed by atoms with Gasteiger partial charge in [0.25, 0.3) is 0 Å². The van der Waals surface area contributed by atoms with Crippen molar-refractivity contribution in [2.75, 3.05) is 77.5 Å². The molecule has 4 aliphatic heterocycles. The molecule has 0 unspecified atom stereocenters. The zero-order valence-corrected chi connectivity index (χ0v) is 28.7. The highest BCUT2D eigenvalue weighted by atomic mass is 19.1. The van der Waals surface area contributed by atoms with Gasteiger partial charge in [-0.3, -0.25) is 9.59 Å². The fourth-order valence-corrected chi connectivity index (χ4v) is 6.66. The third-order valence-corrected chi connectivity index (χ3v) is 9.95. The average Bonchev–Trinajstić information content (AvgIpc) is 3.03. The van der Waals surface area contributed by atoms with Gasteiger partial charge in [0.2, 0.25) is 5.91 Å². The van der Waals surface area contributed by atoms with Gasteiger partial charge in [-0.15, -0.1) is 0 Å². The van der Waals surface area contributed by atoms with Crippen LogP contribution in [0.4, 0.5) is 14.9 Å². The van der Waals surface area contributed by atoms with E-state index in [2.05, 4.69) is 9.80 Å². The number of anilines is 1. The molecule has 0 spiro atoms. The number of benzene rings is 1. The van der Waals surface area contributed by atoms with Gasteiger partial charge in [0.05, 0.1) is 31.7 Å². The molecule has 2 amide bonds. The smallest absolute Gasteiger partial charge is 0.410 e. The van der Waals surface area contributed by atoms with Crippen molar-refractivity contribution in [1.29, 1.82) is 0 Å². The predicted octanol–water partition coefficient (Wildman–Crippen LogP) is 3.56. The number of likely N-dealkylation sites (N-methyl/N-ethyl adjacent to an activating group) is 1. The number of aliphatic hydroxyl groups is 1. The maximum Gasteiger partial charge on any atom is 0.410 e. The van der Waals surface area contributed by atoms with Crippen molar-refractivity contribution >= 4 is 29.7 Å². The Morgan fingerprint density at radius 3 is 2.31 bits per heavy atom. The molecule has 4 heterocycles. The molecule has 1 aromatic carbocycles. The lowest BCUT2D eigenvalue weighted by molar-refractivity contribution is -0.151. The van der Waals surface area contributed by atoms with Gasteiger partial charge in [0.15, 0.2) is 0 Å². The Bertz CT molecular complexity index is 1350. The summed E-state index contributed by atoms with van der Waals surface area (Å²) in [6.45, 7) is 11.8. The van der Waals surface area contributed by atoms with Crippen LogP contribution in [0.5, 0.6) is 0 Å². The van der Waals surface area contributed by atoms with Crippen LogP contribution >= 0.6 is 0 Å². The number of ether oxygens (including phenoxy) is 3. The molecule has 0 saturated carbocycles. The molecule has 1 aromatic rings. The van der Waals surface area contributed by atoms with E-state index >= 15 is 0 Å². The standard InChI is InChI=1S/C36H51FN4O7/c1-24-5-7-31(42)21-33(43)48-34(25(2)6-8-32(24)47-36(45)41-11-9-38(4)10-12-41)26(3)17-27-18-29(37)20-30(19-27)39-13-15-40(16-14-39)35(44)28-22-46-23-28/h6,8,17-20,24-25,28,31-32,34,42H,5,7,9-16,21-23H2,1-4H3/b8-6+,26-17+/t24-,25-,31+,32-,34-/m0/s1. The summed E-state index contributed by atoms with van der Waals surface area (Å²) in [5.74, 6) is -1.21. The van der Waals surface area contributed by atoms with Gasteiger partial charge < -0.3 is 38.9 Å². The number of rotatable bonds is 5. The molecule has 5 rings (SSSR count). The first kappa shape index (κ1) is 35.8. The first-order chi connectivity index (χ1) is 23.0. The summed E-state index contributed by atoms with van der Waals surface area (Å²) < 4.78 is 32.1. The van der Waals surface area contributed by atoms with Gasteiger partial charge in [0.1, 0.15) is 18.0 Å². The minimum Gasteiger partial charge on any atom is -0.457 e. The lowest BCUT2D eigenvalue weighted by Crippen LogP contribution is -2.53. The maximum absolute atomic E-state index is 15.0. The van der Waals surface area contributed by atoms with Crippen molar-refractivity contribution in [1.82, 2.24) is 14.7 Å². The quantitative estimate of drug-likeness (QED) is 0.372. The van der Waals surface area contributed by atoms with Gasteiger partial charge in [-0.25, -0.2) is 9.18 Å². The summed E-state index contributed by atoms with van der Waals surface area (Å²) in [4.78, 5) is 46.5. The second-order valence-corrected chi connectivity index (χ2v) is 13.9. The SMILES string of the molecule is C/C(=C\c1cc(F)cc(N2CCN(C(=O)C3COC3)CC2)c1)[C@H]1OC(=O)C[C@H](O)CC[C@H](C)[C@@H](OC(=O)N2CCN(C)CC2)/C=C/[C@@H]1C. The number of hydrogen-bond acceptors (Lipinski definition) is 9. The Kier molecular flexibility index (Phi) is 12.1. The molecule has 4 aliphatic rings. The molecule has 3 fully saturated rings. The van der Waals surface area contributed by atoms with Crippen molar-refractivity contribution in [3.8, 4) is 0 Å². The lowest BCUT2D eigenvalue weighted by atomic mass is 9.91. The molecule has 264 valence electrons. The molecule has 0 aromatic heterocycles. The largest absolute Gasteiger partial charge is 0.457 e. The van der Waals surface area contributed by atoms with Crippen LogP contribution in [0, 0.1) is 23.6 Å². The van der Waals surface area contributed by atoms with Gasteiger partial charge >= 0.3 is 12.1 Å². The Balaban J connectivity index is 1.31. The maximum atomic E-state index is 15.0. The third kappa shape index (κ3) is 9.35. The van der Waals surface area contributed by atoms with E-state index in [1.54, 1.807) is 4.90 Å². The van der Waals surface area contributed by atoms with Crippen molar-refractivity contribution in [3.05, 3.63) is 47.3 Å². The second-order valence-electron chi connectivity index (χ2n) is 13.9. The average molecular weight is 671 g/mol. The molecule has 1 N–H and O–H groups in total. The number of nitrogens with zero attached hydrogens (tertiary/aromatic N) is 4. The van der Waals surface area contributed by atoms with Crippen molar-refractivity contribution in [3.63, 3.8) is 0 Å². The third-order valence-electron chi connectivity index (χ3n) is 9.95. The number of hydrogen-bond donors (Lipinski definition) is 1. The fourth-order valence-electron chi connectivity index (χ4n) is 6.66. The van der Waals surface area contributed by atoms with Gasteiger partial charge in [-0.1, -0.05) is 26.0 Å². The monoisotopic (exact) mass is 670 g/mol. The van der Waals surface area contributed by atoms with Crippen LogP contribution in [0.1, 0.15) is 45.6 Å². The van der Waals surface area contributed by atoms with Gasteiger partial charge in [-0.05, 0) is 68.1 Å². The zero-order valence-electron chi connectivity index (χ0n) is 28.7. The van der Waals surface area contributed by atoms with Crippen LogP contribution in [0.3, 0.4) is 0 Å². The Hall–Kier alpha value is -3.48. The van der Waals surface area contributed by atoms with E-state index in [-0.39, 0.29) is 42.0 Å². The molecular formula is C36H51FN4O7. The Morgan fingerprint density at radius 2 is 1.65 bits per heavy atom. The molecule has 0 aliphatic carbocycles. The summed E-state index contributed by atoms with van der Waals surface area (Å²) in [5.41, 5.74) is 2.05. The number of piperazine rings is 2. The number of cyclic esters (lactones) is 1. The van der Waals surface area contributed by atoms with Crippen LogP contribution in [0.2, 0.25) is 0 Å². The first-order valence-corrected chi connectivity index (χ1v) is 17.3. The van der Waals surface area contributed by atoms with E-state index in [4.69, 9.17) is 14.2 Å². The molecule has 11 nitrogen and oxygen atoms in total. The van der Waals surface area contributed by atoms with Crippen molar-refractivity contribution in [2.24, 2.45) is 17.8 Å². The highest BCUT2D eigenvalue weighted by Gasteiger charge is 2.33. The van der Waals surface area contributed by atoms with E-state index in [0.717, 1.165) is 18.8 Å². The molecular weight excluding hydrogens is 619 g/mol. The van der Waals surface area contributed by atoms with Crippen LogP contribution < -0.4 is 4.90 Å². The van der Waals surface area contributed by atoms with E-state index in [0.29, 0.717) is 76.5 Å². The summed E-state index contributed by atoms with van der Waals surface area (Å²) >= 11 is 0. The molecule has 5 atom stereocenters. The minimum absolute atomic E-state index is 0.0535. The summed E-state index contributed by atoms with van der Waals surface area (Å²) in [5, 5.41) is 10.7. The molecule has 48 heavy (non-hydrogen) atoms. The highest BCUT2D eigenvalue weighted by molar-refractivity contribution is 5.80. The topological polar surface area (TPSA) is 112 Å². The lowest BCUT2D eigenvalue weighted by Gasteiger charge is -2.39. The number of halogens is 1. The minimum atomic E-state index is -0.888. The van der Waals surface area contributed by atoms with Gasteiger partial charge in [0, 0.05) is 64.0 Å². The molecule has 3 saturated heterocycles. The highest BCUT2D eigenvalue weighted by Crippen LogP contribution is 2.28. The van der Waals surface area contributed by atoms with Crippen molar-refractivity contribution < 1.29 is 38.1 Å². The molecule has 0 bridgehead atoms. The van der Waals surface area contributed by atoms with Crippen molar-refractivity contribution in [2.45, 2.75) is 58.3 Å². The van der Waals surface area contributed by atoms with Crippen LogP contribution in [-0.4, -0.2) is 129 Å². The number of carbonyl (C=O) groups excluding carboxylic acids is 3. The number of carbonyl (C=O) groups is 3. The first-order valence-electron chi connectivity index (χ1n) is 17.3. The van der Waals surface area contributed by atoms with Crippen LogP contribution in [0.25, 0.3) is 6.08 Å².